The molecule has 1 saturated carbocycles. The molecule has 7 nitrogen and oxygen atoms in total. The molecule has 2 saturated heterocycles. The van der Waals surface area contributed by atoms with E-state index in [-0.39, 0.29) is 18.4 Å². The lowest BCUT2D eigenvalue weighted by molar-refractivity contribution is -0.139. The van der Waals surface area contributed by atoms with Gasteiger partial charge in [0.1, 0.15) is 17.5 Å². The van der Waals surface area contributed by atoms with E-state index in [1.54, 1.807) is 24.1 Å². The van der Waals surface area contributed by atoms with Crippen molar-refractivity contribution in [2.24, 2.45) is 5.92 Å². The summed E-state index contributed by atoms with van der Waals surface area (Å²) in [5.41, 5.74) is -0.144. The van der Waals surface area contributed by atoms with E-state index in [4.69, 9.17) is 9.47 Å². The topological polar surface area (TPSA) is 62.3 Å². The lowest BCUT2D eigenvalue weighted by atomic mass is 9.83. The van der Waals surface area contributed by atoms with Crippen molar-refractivity contribution in [1.82, 2.24) is 14.7 Å². The number of carbonyl (C=O) groups is 2. The molecule has 1 aromatic carbocycles. The Kier molecular flexibility index (Phi) is 6.53. The fourth-order valence-corrected chi connectivity index (χ4v) is 5.16. The van der Waals surface area contributed by atoms with E-state index >= 15 is 0 Å². The smallest absolute Gasteiger partial charge is 0.257 e. The molecular formula is C24H35N3O4. The van der Waals surface area contributed by atoms with Crippen LogP contribution in [0.5, 0.6) is 5.75 Å². The fourth-order valence-electron chi connectivity index (χ4n) is 5.16. The van der Waals surface area contributed by atoms with Gasteiger partial charge in [0.2, 0.25) is 5.91 Å². The minimum atomic E-state index is -0.682. The third-order valence-electron chi connectivity index (χ3n) is 7.27. The molecule has 1 unspecified atom stereocenters. The summed E-state index contributed by atoms with van der Waals surface area (Å²) >= 11 is 0. The van der Waals surface area contributed by atoms with Gasteiger partial charge in [-0.15, -0.1) is 0 Å². The van der Waals surface area contributed by atoms with E-state index in [2.05, 4.69) is 18.7 Å². The zero-order valence-electron chi connectivity index (χ0n) is 19.0. The Morgan fingerprint density at radius 2 is 1.87 bits per heavy atom. The lowest BCUT2D eigenvalue weighted by Gasteiger charge is -2.44. The second kappa shape index (κ2) is 9.17. The van der Waals surface area contributed by atoms with Crippen LogP contribution in [0.4, 0.5) is 0 Å². The molecule has 0 N–H and O–H groups in total. The number of piperazine rings is 1. The predicted octanol–water partition coefficient (Wildman–Crippen LogP) is 2.61. The van der Waals surface area contributed by atoms with E-state index in [1.165, 1.54) is 0 Å². The molecule has 7 heteroatoms. The third kappa shape index (κ3) is 4.30. The molecule has 2 heterocycles. The van der Waals surface area contributed by atoms with Crippen LogP contribution in [0.2, 0.25) is 0 Å². The molecule has 0 aromatic heterocycles. The minimum absolute atomic E-state index is 0.0162. The number of amides is 2. The molecule has 1 aromatic rings. The van der Waals surface area contributed by atoms with Crippen LogP contribution in [0, 0.1) is 5.92 Å². The number of ether oxygens (including phenoxy) is 2. The Balaban J connectivity index is 1.61. The quantitative estimate of drug-likeness (QED) is 0.736. The molecule has 1 aliphatic carbocycles. The zero-order valence-corrected chi connectivity index (χ0v) is 19.0. The monoisotopic (exact) mass is 429 g/mol. The molecule has 3 fully saturated rings. The average Bonchev–Trinajstić information content (AvgIpc) is 3.19. The van der Waals surface area contributed by atoms with Crippen LogP contribution < -0.4 is 4.74 Å². The van der Waals surface area contributed by atoms with Gasteiger partial charge in [0, 0.05) is 31.7 Å². The summed E-state index contributed by atoms with van der Waals surface area (Å²) in [6.07, 6.45) is 3.55. The summed E-state index contributed by atoms with van der Waals surface area (Å²) < 4.78 is 11.7. The van der Waals surface area contributed by atoms with E-state index < -0.39 is 11.8 Å². The maximum atomic E-state index is 13.8. The second-order valence-electron chi connectivity index (χ2n) is 9.12. The molecule has 1 spiro atoms. The Labute approximate surface area is 185 Å². The number of benzene rings is 1. The molecule has 1 atom stereocenters. The number of likely N-dealkylation sites (N-methyl/N-ethyl adjacent to an activating group) is 1. The van der Waals surface area contributed by atoms with Crippen LogP contribution in [-0.2, 0) is 9.53 Å². The highest BCUT2D eigenvalue weighted by Gasteiger charge is 2.54. The lowest BCUT2D eigenvalue weighted by Crippen LogP contribution is -2.59. The second-order valence-corrected chi connectivity index (χ2v) is 9.12. The molecule has 0 radical (unpaired) electrons. The molecule has 4 rings (SSSR count). The van der Waals surface area contributed by atoms with Gasteiger partial charge in [-0.2, -0.15) is 0 Å². The van der Waals surface area contributed by atoms with Crippen molar-refractivity contribution >= 4 is 11.8 Å². The maximum Gasteiger partial charge on any atom is 0.257 e. The van der Waals surface area contributed by atoms with Crippen molar-refractivity contribution in [3.63, 3.8) is 0 Å². The maximum absolute atomic E-state index is 13.8. The summed E-state index contributed by atoms with van der Waals surface area (Å²) in [6, 6.07) is 6.62. The van der Waals surface area contributed by atoms with E-state index in [9.17, 15) is 9.59 Å². The number of carbonyl (C=O) groups excluding carboxylic acids is 2. The van der Waals surface area contributed by atoms with Crippen LogP contribution >= 0.6 is 0 Å². The highest BCUT2D eigenvalue weighted by molar-refractivity contribution is 5.98. The minimum Gasteiger partial charge on any atom is -0.497 e. The van der Waals surface area contributed by atoms with Crippen molar-refractivity contribution < 1.29 is 19.1 Å². The standard InChI is InChI=1S/C24H35N3O4/c1-4-25-12-14-26(15-13-25)23(29)21-17-31-24(10-8-18(2)9-11-24)27(21)22(28)19-6-5-7-20(16-19)30-3/h5-7,16,18,21H,4,8-15,17H2,1-3H3. The van der Waals surface area contributed by atoms with Gasteiger partial charge in [-0.1, -0.05) is 19.9 Å². The summed E-state index contributed by atoms with van der Waals surface area (Å²) in [4.78, 5) is 33.4. The molecular weight excluding hydrogens is 394 g/mol. The van der Waals surface area contributed by atoms with Crippen molar-refractivity contribution in [3.05, 3.63) is 29.8 Å². The van der Waals surface area contributed by atoms with E-state index in [0.29, 0.717) is 30.3 Å². The van der Waals surface area contributed by atoms with Crippen molar-refractivity contribution in [3.8, 4) is 5.75 Å². The van der Waals surface area contributed by atoms with E-state index in [1.807, 2.05) is 17.0 Å². The van der Waals surface area contributed by atoms with Gasteiger partial charge < -0.3 is 19.3 Å². The number of hydrogen-bond donors (Lipinski definition) is 0. The molecule has 0 bridgehead atoms. The predicted molar refractivity (Wildman–Crippen MR) is 118 cm³/mol. The van der Waals surface area contributed by atoms with Crippen molar-refractivity contribution in [2.75, 3.05) is 46.4 Å². The van der Waals surface area contributed by atoms with Gasteiger partial charge >= 0.3 is 0 Å². The van der Waals surface area contributed by atoms with Crippen LogP contribution in [0.1, 0.15) is 49.9 Å². The van der Waals surface area contributed by atoms with Gasteiger partial charge in [0.25, 0.3) is 5.91 Å². The van der Waals surface area contributed by atoms with Gasteiger partial charge in [-0.05, 0) is 56.3 Å². The van der Waals surface area contributed by atoms with Gasteiger partial charge in [0.05, 0.1) is 13.7 Å². The first-order valence-electron chi connectivity index (χ1n) is 11.6. The Bertz CT molecular complexity index is 798. The van der Waals surface area contributed by atoms with E-state index in [0.717, 1.165) is 45.3 Å². The molecule has 3 aliphatic rings. The van der Waals surface area contributed by atoms with Crippen LogP contribution in [0.3, 0.4) is 0 Å². The first-order valence-corrected chi connectivity index (χ1v) is 11.6. The third-order valence-corrected chi connectivity index (χ3v) is 7.27. The zero-order chi connectivity index (χ0) is 22.0. The Morgan fingerprint density at radius 1 is 1.16 bits per heavy atom. The highest BCUT2D eigenvalue weighted by atomic mass is 16.5. The van der Waals surface area contributed by atoms with Crippen LogP contribution in [-0.4, -0.2) is 84.7 Å². The molecule has 2 aliphatic heterocycles. The summed E-state index contributed by atoms with van der Waals surface area (Å²) in [7, 11) is 1.59. The van der Waals surface area contributed by atoms with Crippen LogP contribution in [0.25, 0.3) is 0 Å². The summed E-state index contributed by atoms with van der Waals surface area (Å²) in [5, 5.41) is 0. The molecule has 2 amide bonds. The number of methoxy groups -OCH3 is 1. The summed E-state index contributed by atoms with van der Waals surface area (Å²) in [6.45, 7) is 8.82. The summed E-state index contributed by atoms with van der Waals surface area (Å²) in [5.74, 6) is 1.12. The van der Waals surface area contributed by atoms with Gasteiger partial charge in [-0.3, -0.25) is 14.5 Å². The molecule has 31 heavy (non-hydrogen) atoms. The fraction of sp³-hybridized carbons (Fsp3) is 0.667. The Morgan fingerprint density at radius 3 is 2.52 bits per heavy atom. The number of rotatable bonds is 4. The average molecular weight is 430 g/mol. The van der Waals surface area contributed by atoms with Crippen LogP contribution in [0.15, 0.2) is 24.3 Å². The first kappa shape index (κ1) is 22.1. The first-order chi connectivity index (χ1) is 15.0. The molecule has 170 valence electrons. The van der Waals surface area contributed by atoms with Gasteiger partial charge in [0.15, 0.2) is 0 Å². The van der Waals surface area contributed by atoms with Gasteiger partial charge in [-0.25, -0.2) is 0 Å². The van der Waals surface area contributed by atoms with Crippen molar-refractivity contribution in [1.29, 1.82) is 0 Å². The SMILES string of the molecule is CCN1CCN(C(=O)C2COC3(CCC(C)CC3)N2C(=O)c2cccc(OC)c2)CC1. The van der Waals surface area contributed by atoms with Crippen molar-refractivity contribution in [2.45, 2.75) is 51.3 Å². The number of nitrogens with zero attached hydrogens (tertiary/aromatic N) is 3. The normalized spacial score (nSPS) is 29.4. The highest BCUT2D eigenvalue weighted by Crippen LogP contribution is 2.43. The largest absolute Gasteiger partial charge is 0.497 e. The Hall–Kier alpha value is -2.12. The number of hydrogen-bond acceptors (Lipinski definition) is 5.